The number of thiazole rings is 1. The highest BCUT2D eigenvalue weighted by Gasteiger charge is 2.20. The van der Waals surface area contributed by atoms with Crippen LogP contribution in [0.2, 0.25) is 0 Å². The Hall–Kier alpha value is -0.940. The van der Waals surface area contributed by atoms with Gasteiger partial charge in [-0.3, -0.25) is 9.63 Å². The predicted octanol–water partition coefficient (Wildman–Crippen LogP) is 1.31. The van der Waals surface area contributed by atoms with Crippen LogP contribution in [0, 0.1) is 0 Å². The summed E-state index contributed by atoms with van der Waals surface area (Å²) in [6.07, 6.45) is 2.04. The van der Waals surface area contributed by atoms with Crippen molar-refractivity contribution in [3.05, 3.63) is 16.6 Å². The third-order valence-corrected chi connectivity index (χ3v) is 2.47. The van der Waals surface area contributed by atoms with E-state index < -0.39 is 0 Å². The number of hydrogen-bond acceptors (Lipinski definition) is 4. The summed E-state index contributed by atoms with van der Waals surface area (Å²) in [6.45, 7) is 1.31. The minimum absolute atomic E-state index is 0.124. The van der Waals surface area contributed by atoms with E-state index in [9.17, 15) is 4.79 Å². The Morgan fingerprint density at radius 3 is 3.15 bits per heavy atom. The van der Waals surface area contributed by atoms with Gasteiger partial charge in [-0.2, -0.15) is 0 Å². The molecule has 2 rings (SSSR count). The molecule has 0 spiro atoms. The van der Waals surface area contributed by atoms with Gasteiger partial charge in [0.25, 0.3) is 5.91 Å². The van der Waals surface area contributed by atoms with Crippen molar-refractivity contribution in [2.45, 2.75) is 12.8 Å². The number of aromatic nitrogens is 1. The van der Waals surface area contributed by atoms with Crippen molar-refractivity contribution in [2.75, 3.05) is 13.2 Å². The molecular weight excluding hydrogens is 188 g/mol. The van der Waals surface area contributed by atoms with Crippen molar-refractivity contribution < 1.29 is 9.63 Å². The Morgan fingerprint density at radius 2 is 2.54 bits per heavy atom. The fourth-order valence-corrected chi connectivity index (χ4v) is 1.73. The number of amides is 1. The SMILES string of the molecule is O=C(c1cscn1)N1CCCCO1. The van der Waals surface area contributed by atoms with Crippen LogP contribution in [0.5, 0.6) is 0 Å². The maximum atomic E-state index is 11.6. The van der Waals surface area contributed by atoms with Crippen molar-refractivity contribution in [3.63, 3.8) is 0 Å². The molecule has 4 nitrogen and oxygen atoms in total. The third kappa shape index (κ3) is 1.87. The van der Waals surface area contributed by atoms with Crippen LogP contribution in [-0.2, 0) is 4.84 Å². The summed E-state index contributed by atoms with van der Waals surface area (Å²) in [5.74, 6) is -0.124. The first-order valence-electron chi connectivity index (χ1n) is 4.21. The average molecular weight is 198 g/mol. The summed E-state index contributed by atoms with van der Waals surface area (Å²) >= 11 is 1.42. The van der Waals surface area contributed by atoms with Gasteiger partial charge in [-0.1, -0.05) is 0 Å². The van der Waals surface area contributed by atoms with E-state index in [2.05, 4.69) is 4.98 Å². The van der Waals surface area contributed by atoms with Gasteiger partial charge in [0, 0.05) is 11.9 Å². The molecule has 0 N–H and O–H groups in total. The molecule has 1 aromatic heterocycles. The van der Waals surface area contributed by atoms with E-state index in [-0.39, 0.29) is 5.91 Å². The molecule has 0 saturated carbocycles. The molecule has 2 heterocycles. The summed E-state index contributed by atoms with van der Waals surface area (Å²) in [5.41, 5.74) is 2.13. The topological polar surface area (TPSA) is 42.4 Å². The van der Waals surface area contributed by atoms with Crippen LogP contribution in [0.15, 0.2) is 10.9 Å². The van der Waals surface area contributed by atoms with Crippen LogP contribution in [0.25, 0.3) is 0 Å². The Morgan fingerprint density at radius 1 is 1.62 bits per heavy atom. The molecular formula is C8H10N2O2S. The predicted molar refractivity (Wildman–Crippen MR) is 48.3 cm³/mol. The number of rotatable bonds is 1. The molecule has 1 aromatic rings. The standard InChI is InChI=1S/C8H10N2O2S/c11-8(7-5-13-6-9-7)10-3-1-2-4-12-10/h5-6H,1-4H2. The average Bonchev–Trinajstić information content (AvgIpc) is 2.71. The van der Waals surface area contributed by atoms with E-state index in [4.69, 9.17) is 4.84 Å². The number of hydrogen-bond donors (Lipinski definition) is 0. The molecule has 0 atom stereocenters. The van der Waals surface area contributed by atoms with Crippen LogP contribution in [0.1, 0.15) is 23.3 Å². The Kier molecular flexibility index (Phi) is 2.56. The first kappa shape index (κ1) is 8.65. The van der Waals surface area contributed by atoms with Gasteiger partial charge in [0.15, 0.2) is 0 Å². The summed E-state index contributed by atoms with van der Waals surface area (Å²) in [5, 5.41) is 3.14. The number of nitrogens with zero attached hydrogens (tertiary/aromatic N) is 2. The lowest BCUT2D eigenvalue weighted by atomic mass is 10.3. The summed E-state index contributed by atoms with van der Waals surface area (Å²) in [7, 11) is 0. The lowest BCUT2D eigenvalue weighted by molar-refractivity contribution is -0.144. The van der Waals surface area contributed by atoms with Gasteiger partial charge in [-0.15, -0.1) is 11.3 Å². The van der Waals surface area contributed by atoms with Crippen molar-refractivity contribution in [3.8, 4) is 0 Å². The number of carbonyl (C=O) groups excluding carboxylic acids is 1. The van der Waals surface area contributed by atoms with E-state index in [1.54, 1.807) is 10.9 Å². The molecule has 1 fully saturated rings. The minimum atomic E-state index is -0.124. The Bertz CT molecular complexity index is 280. The van der Waals surface area contributed by atoms with Crippen LogP contribution < -0.4 is 0 Å². The zero-order chi connectivity index (χ0) is 9.10. The molecule has 1 aliphatic heterocycles. The van der Waals surface area contributed by atoms with E-state index in [1.165, 1.54) is 16.4 Å². The second-order valence-electron chi connectivity index (χ2n) is 2.82. The van der Waals surface area contributed by atoms with Crippen molar-refractivity contribution in [1.82, 2.24) is 10.0 Å². The Balaban J connectivity index is 2.04. The quantitative estimate of drug-likeness (QED) is 0.683. The molecule has 0 aromatic carbocycles. The maximum Gasteiger partial charge on any atom is 0.296 e. The molecule has 0 aliphatic carbocycles. The van der Waals surface area contributed by atoms with E-state index in [0.29, 0.717) is 18.8 Å². The molecule has 1 saturated heterocycles. The van der Waals surface area contributed by atoms with Crippen molar-refractivity contribution in [2.24, 2.45) is 0 Å². The lowest BCUT2D eigenvalue weighted by Gasteiger charge is -2.24. The smallest absolute Gasteiger partial charge is 0.271 e. The molecule has 1 amide bonds. The highest BCUT2D eigenvalue weighted by Crippen LogP contribution is 2.11. The monoisotopic (exact) mass is 198 g/mol. The zero-order valence-electron chi connectivity index (χ0n) is 7.10. The molecule has 0 radical (unpaired) electrons. The highest BCUT2D eigenvalue weighted by molar-refractivity contribution is 7.07. The lowest BCUT2D eigenvalue weighted by Crippen LogP contribution is -2.35. The number of hydroxylamine groups is 2. The fourth-order valence-electron chi connectivity index (χ4n) is 1.20. The first-order chi connectivity index (χ1) is 6.38. The first-order valence-corrected chi connectivity index (χ1v) is 5.15. The largest absolute Gasteiger partial charge is 0.296 e. The fraction of sp³-hybridized carbons (Fsp3) is 0.500. The maximum absolute atomic E-state index is 11.6. The van der Waals surface area contributed by atoms with Gasteiger partial charge in [0.05, 0.1) is 12.1 Å². The van der Waals surface area contributed by atoms with E-state index in [0.717, 1.165) is 12.8 Å². The highest BCUT2D eigenvalue weighted by atomic mass is 32.1. The van der Waals surface area contributed by atoms with Gasteiger partial charge in [0.1, 0.15) is 5.69 Å². The van der Waals surface area contributed by atoms with Crippen molar-refractivity contribution >= 4 is 17.2 Å². The second-order valence-corrected chi connectivity index (χ2v) is 3.54. The molecule has 0 bridgehead atoms. The molecule has 1 aliphatic rings. The summed E-state index contributed by atoms with van der Waals surface area (Å²) in [4.78, 5) is 20.8. The molecule has 70 valence electrons. The van der Waals surface area contributed by atoms with Crippen LogP contribution in [0.3, 0.4) is 0 Å². The number of carbonyl (C=O) groups is 1. The van der Waals surface area contributed by atoms with Gasteiger partial charge in [-0.05, 0) is 12.8 Å². The van der Waals surface area contributed by atoms with Gasteiger partial charge in [-0.25, -0.2) is 10.0 Å². The normalized spacial score (nSPS) is 17.4. The Labute approximate surface area is 80.1 Å². The third-order valence-electron chi connectivity index (χ3n) is 1.88. The van der Waals surface area contributed by atoms with Crippen LogP contribution in [-0.4, -0.2) is 29.1 Å². The van der Waals surface area contributed by atoms with Gasteiger partial charge in [0.2, 0.25) is 0 Å². The van der Waals surface area contributed by atoms with E-state index in [1.807, 2.05) is 0 Å². The second kappa shape index (κ2) is 3.85. The van der Waals surface area contributed by atoms with Crippen LogP contribution in [0.4, 0.5) is 0 Å². The van der Waals surface area contributed by atoms with E-state index >= 15 is 0 Å². The van der Waals surface area contributed by atoms with Gasteiger partial charge >= 0.3 is 0 Å². The molecule has 0 unspecified atom stereocenters. The van der Waals surface area contributed by atoms with Crippen LogP contribution >= 0.6 is 11.3 Å². The van der Waals surface area contributed by atoms with Gasteiger partial charge < -0.3 is 0 Å². The summed E-state index contributed by atoms with van der Waals surface area (Å²) in [6, 6.07) is 0. The van der Waals surface area contributed by atoms with Crippen molar-refractivity contribution in [1.29, 1.82) is 0 Å². The summed E-state index contributed by atoms with van der Waals surface area (Å²) < 4.78 is 0. The molecule has 5 heteroatoms. The minimum Gasteiger partial charge on any atom is -0.271 e. The zero-order valence-corrected chi connectivity index (χ0v) is 7.92. The molecule has 13 heavy (non-hydrogen) atoms.